The summed E-state index contributed by atoms with van der Waals surface area (Å²) in [7, 11) is 2.27. The summed E-state index contributed by atoms with van der Waals surface area (Å²) in [4.78, 5) is 2.51. The van der Waals surface area contributed by atoms with Crippen LogP contribution in [0.3, 0.4) is 0 Å². The van der Waals surface area contributed by atoms with Gasteiger partial charge in [-0.1, -0.05) is 6.92 Å². The second-order valence-corrected chi connectivity index (χ2v) is 4.64. The van der Waals surface area contributed by atoms with Crippen molar-refractivity contribution in [1.29, 1.82) is 0 Å². The van der Waals surface area contributed by atoms with Crippen LogP contribution in [-0.4, -0.2) is 25.0 Å². The zero-order valence-electron chi connectivity index (χ0n) is 7.77. The molecule has 0 radical (unpaired) electrons. The van der Waals surface area contributed by atoms with Gasteiger partial charge in [0, 0.05) is 6.54 Å². The van der Waals surface area contributed by atoms with Gasteiger partial charge in [-0.05, 0) is 50.6 Å². The molecule has 1 heterocycles. The Bertz CT molecular complexity index is 155. The lowest BCUT2D eigenvalue weighted by Gasteiger charge is -2.53. The van der Waals surface area contributed by atoms with E-state index in [1.807, 2.05) is 0 Å². The average molecular weight is 153 g/mol. The quantitative estimate of drug-likeness (QED) is 0.515. The normalized spacial score (nSPS) is 45.8. The van der Waals surface area contributed by atoms with Crippen LogP contribution < -0.4 is 0 Å². The highest BCUT2D eigenvalue weighted by Crippen LogP contribution is 2.51. The van der Waals surface area contributed by atoms with Crippen molar-refractivity contribution < 1.29 is 0 Å². The van der Waals surface area contributed by atoms with E-state index >= 15 is 0 Å². The molecule has 1 spiro atoms. The van der Waals surface area contributed by atoms with E-state index in [0.29, 0.717) is 0 Å². The zero-order chi connectivity index (χ0) is 7.90. The number of hydrogen-bond acceptors (Lipinski definition) is 1. The Morgan fingerprint density at radius 3 is 2.55 bits per heavy atom. The molecule has 1 nitrogen and oxygen atoms in total. The number of rotatable bonds is 0. The summed E-state index contributed by atoms with van der Waals surface area (Å²) >= 11 is 0. The van der Waals surface area contributed by atoms with Crippen LogP contribution in [0, 0.1) is 11.3 Å². The van der Waals surface area contributed by atoms with Crippen molar-refractivity contribution in [3.8, 4) is 0 Å². The van der Waals surface area contributed by atoms with E-state index in [9.17, 15) is 0 Å². The first-order valence-electron chi connectivity index (χ1n) is 4.91. The molecule has 64 valence electrons. The van der Waals surface area contributed by atoms with Gasteiger partial charge >= 0.3 is 0 Å². The molecular formula is C10H19N. The molecule has 0 aromatic heterocycles. The molecular weight excluding hydrogens is 134 g/mol. The van der Waals surface area contributed by atoms with Gasteiger partial charge in [0.05, 0.1) is 0 Å². The number of likely N-dealkylation sites (tertiary alicyclic amines) is 1. The van der Waals surface area contributed by atoms with Crippen LogP contribution in [0.25, 0.3) is 0 Å². The van der Waals surface area contributed by atoms with Gasteiger partial charge < -0.3 is 4.90 Å². The predicted octanol–water partition coefficient (Wildman–Crippen LogP) is 2.13. The molecule has 1 unspecified atom stereocenters. The number of piperidine rings is 1. The summed E-state index contributed by atoms with van der Waals surface area (Å²) < 4.78 is 0. The maximum absolute atomic E-state index is 2.51. The SMILES string of the molecule is CC1CC[C@@]12CCCN(C)C2. The molecule has 2 atom stereocenters. The van der Waals surface area contributed by atoms with Gasteiger partial charge in [0.15, 0.2) is 0 Å². The van der Waals surface area contributed by atoms with E-state index in [-0.39, 0.29) is 0 Å². The fourth-order valence-electron chi connectivity index (χ4n) is 2.84. The Kier molecular flexibility index (Phi) is 1.71. The third-order valence-electron chi connectivity index (χ3n) is 3.92. The molecule has 1 saturated heterocycles. The second kappa shape index (κ2) is 2.48. The summed E-state index contributed by atoms with van der Waals surface area (Å²) in [6, 6.07) is 0. The van der Waals surface area contributed by atoms with Gasteiger partial charge in [0.2, 0.25) is 0 Å². The van der Waals surface area contributed by atoms with E-state index in [1.54, 1.807) is 0 Å². The van der Waals surface area contributed by atoms with Gasteiger partial charge in [-0.15, -0.1) is 0 Å². The minimum atomic E-state index is 0.757. The van der Waals surface area contributed by atoms with Crippen molar-refractivity contribution in [1.82, 2.24) is 4.90 Å². The van der Waals surface area contributed by atoms with Crippen molar-refractivity contribution in [3.63, 3.8) is 0 Å². The lowest BCUT2D eigenvalue weighted by Crippen LogP contribution is -2.50. The topological polar surface area (TPSA) is 3.24 Å². The monoisotopic (exact) mass is 153 g/mol. The van der Waals surface area contributed by atoms with E-state index in [2.05, 4.69) is 18.9 Å². The van der Waals surface area contributed by atoms with Crippen LogP contribution in [0.5, 0.6) is 0 Å². The largest absolute Gasteiger partial charge is 0.306 e. The van der Waals surface area contributed by atoms with Crippen LogP contribution in [0.15, 0.2) is 0 Å². The van der Waals surface area contributed by atoms with Gasteiger partial charge in [0.25, 0.3) is 0 Å². The van der Waals surface area contributed by atoms with Gasteiger partial charge in [-0.2, -0.15) is 0 Å². The first-order chi connectivity index (χ1) is 5.23. The molecule has 0 aromatic carbocycles. The highest BCUT2D eigenvalue weighted by molar-refractivity contribution is 4.97. The van der Waals surface area contributed by atoms with Crippen molar-refractivity contribution in [3.05, 3.63) is 0 Å². The van der Waals surface area contributed by atoms with Gasteiger partial charge in [0.1, 0.15) is 0 Å². The highest BCUT2D eigenvalue weighted by atomic mass is 15.1. The Morgan fingerprint density at radius 1 is 1.36 bits per heavy atom. The summed E-state index contributed by atoms with van der Waals surface area (Å²) in [6.07, 6.45) is 5.91. The highest BCUT2D eigenvalue weighted by Gasteiger charge is 2.45. The summed E-state index contributed by atoms with van der Waals surface area (Å²) in [5.74, 6) is 1.00. The second-order valence-electron chi connectivity index (χ2n) is 4.64. The first-order valence-corrected chi connectivity index (χ1v) is 4.91. The standard InChI is InChI=1S/C10H19N/c1-9-4-6-10(9)5-3-7-11(2)8-10/h9H,3-8H2,1-2H3/t9?,10-/m1/s1. The fourth-order valence-corrected chi connectivity index (χ4v) is 2.84. The summed E-state index contributed by atoms with van der Waals surface area (Å²) in [6.45, 7) is 5.13. The Morgan fingerprint density at radius 2 is 2.18 bits per heavy atom. The number of nitrogens with zero attached hydrogens (tertiary/aromatic N) is 1. The molecule has 1 saturated carbocycles. The van der Waals surface area contributed by atoms with E-state index in [0.717, 1.165) is 11.3 Å². The Hall–Kier alpha value is -0.0400. The van der Waals surface area contributed by atoms with Gasteiger partial charge in [-0.3, -0.25) is 0 Å². The lowest BCUT2D eigenvalue weighted by molar-refractivity contribution is -0.0261. The molecule has 2 rings (SSSR count). The molecule has 1 heteroatoms. The minimum absolute atomic E-state index is 0.757. The maximum Gasteiger partial charge on any atom is 0.00375 e. The van der Waals surface area contributed by atoms with E-state index in [4.69, 9.17) is 0 Å². The summed E-state index contributed by atoms with van der Waals surface area (Å²) in [5, 5.41) is 0. The molecule has 0 N–H and O–H groups in total. The lowest BCUT2D eigenvalue weighted by atomic mass is 9.57. The van der Waals surface area contributed by atoms with Crippen LogP contribution in [0.1, 0.15) is 32.6 Å². The Labute approximate surface area is 69.8 Å². The average Bonchev–Trinajstić information content (AvgIpc) is 2.02. The van der Waals surface area contributed by atoms with E-state index < -0.39 is 0 Å². The van der Waals surface area contributed by atoms with Crippen molar-refractivity contribution in [2.75, 3.05) is 20.1 Å². The maximum atomic E-state index is 2.51. The number of hydrogen-bond donors (Lipinski definition) is 0. The van der Waals surface area contributed by atoms with Gasteiger partial charge in [-0.25, -0.2) is 0 Å². The molecule has 2 aliphatic rings. The molecule has 0 amide bonds. The van der Waals surface area contributed by atoms with Crippen LogP contribution in [0.2, 0.25) is 0 Å². The minimum Gasteiger partial charge on any atom is -0.306 e. The summed E-state index contributed by atoms with van der Waals surface area (Å²) in [5.41, 5.74) is 0.757. The molecule has 2 fully saturated rings. The Balaban J connectivity index is 2.01. The van der Waals surface area contributed by atoms with Crippen molar-refractivity contribution in [2.45, 2.75) is 32.6 Å². The zero-order valence-corrected chi connectivity index (χ0v) is 7.77. The van der Waals surface area contributed by atoms with Crippen LogP contribution in [-0.2, 0) is 0 Å². The van der Waals surface area contributed by atoms with Crippen molar-refractivity contribution >= 4 is 0 Å². The van der Waals surface area contributed by atoms with Crippen LogP contribution in [0.4, 0.5) is 0 Å². The molecule has 0 aromatic rings. The smallest absolute Gasteiger partial charge is 0.00375 e. The third-order valence-corrected chi connectivity index (χ3v) is 3.92. The van der Waals surface area contributed by atoms with Crippen molar-refractivity contribution in [2.24, 2.45) is 11.3 Å². The third kappa shape index (κ3) is 1.10. The molecule has 11 heavy (non-hydrogen) atoms. The fraction of sp³-hybridized carbons (Fsp3) is 1.00. The van der Waals surface area contributed by atoms with E-state index in [1.165, 1.54) is 38.8 Å². The van der Waals surface area contributed by atoms with Crippen LogP contribution >= 0.6 is 0 Å². The molecule has 1 aliphatic heterocycles. The first kappa shape index (κ1) is 7.60. The predicted molar refractivity (Wildman–Crippen MR) is 47.6 cm³/mol. The molecule has 0 bridgehead atoms. The molecule has 1 aliphatic carbocycles.